The van der Waals surface area contributed by atoms with Crippen molar-refractivity contribution in [2.75, 3.05) is 17.6 Å². The minimum absolute atomic E-state index is 0.0101. The van der Waals surface area contributed by atoms with Gasteiger partial charge < -0.3 is 5.32 Å². The lowest BCUT2D eigenvalue weighted by Crippen LogP contribution is -2.35. The first kappa shape index (κ1) is 24.1. The van der Waals surface area contributed by atoms with Crippen molar-refractivity contribution in [2.24, 2.45) is 0 Å². The van der Waals surface area contributed by atoms with Gasteiger partial charge in [-0.3, -0.25) is 9.69 Å². The number of thiophene rings is 1. The third-order valence-electron chi connectivity index (χ3n) is 6.39. The van der Waals surface area contributed by atoms with Gasteiger partial charge in [-0.15, -0.1) is 22.7 Å². The Morgan fingerprint density at radius 3 is 2.69 bits per heavy atom. The predicted octanol–water partition coefficient (Wildman–Crippen LogP) is 5.84. The zero-order valence-corrected chi connectivity index (χ0v) is 22.3. The molecule has 2 aromatic heterocycles. The molecule has 0 saturated carbocycles. The molecule has 182 valence electrons. The monoisotopic (exact) mass is 525 g/mol. The van der Waals surface area contributed by atoms with Crippen LogP contribution in [-0.4, -0.2) is 42.5 Å². The van der Waals surface area contributed by atoms with Gasteiger partial charge >= 0.3 is 0 Å². The van der Waals surface area contributed by atoms with Gasteiger partial charge in [0.2, 0.25) is 0 Å². The average Bonchev–Trinajstić information content (AvgIpc) is 3.44. The summed E-state index contributed by atoms with van der Waals surface area (Å²) in [5.74, 6) is -0.330. The maximum atomic E-state index is 13.3. The standard InChI is InChI=1S/C26H27N3O3S3/c1-4-35(31,32)18-9-7-8-17(14-18)24(30)28-26-23(25-27-20-10-5-6-11-21(20)33-25)19-12-13-29(16(2)3)15-22(19)34-26/h5-11,14,16H,4,12-13,15H2,1-3H3,(H,28,30). The fourth-order valence-electron chi connectivity index (χ4n) is 4.33. The molecule has 0 fully saturated rings. The highest BCUT2D eigenvalue weighted by atomic mass is 32.2. The van der Waals surface area contributed by atoms with Gasteiger partial charge in [-0.2, -0.15) is 0 Å². The number of amides is 1. The van der Waals surface area contributed by atoms with Crippen molar-refractivity contribution in [2.45, 2.75) is 44.7 Å². The second-order valence-electron chi connectivity index (χ2n) is 8.89. The summed E-state index contributed by atoms with van der Waals surface area (Å²) in [5, 5.41) is 4.77. The number of hydrogen-bond donors (Lipinski definition) is 1. The minimum Gasteiger partial charge on any atom is -0.313 e. The molecule has 9 heteroatoms. The van der Waals surface area contributed by atoms with Crippen LogP contribution in [0.15, 0.2) is 53.4 Å². The SMILES string of the molecule is CCS(=O)(=O)c1cccc(C(=O)Nc2sc3c(c2-c2nc4ccccc4s2)CCN(C(C)C)C3)c1. The van der Waals surface area contributed by atoms with E-state index in [1.54, 1.807) is 41.7 Å². The van der Waals surface area contributed by atoms with Crippen LogP contribution < -0.4 is 5.32 Å². The molecule has 1 aliphatic rings. The van der Waals surface area contributed by atoms with Crippen LogP contribution in [0.1, 0.15) is 41.6 Å². The maximum absolute atomic E-state index is 13.3. The van der Waals surface area contributed by atoms with Gasteiger partial charge in [-0.05, 0) is 56.2 Å². The van der Waals surface area contributed by atoms with Crippen molar-refractivity contribution in [1.82, 2.24) is 9.88 Å². The molecule has 4 aromatic rings. The van der Waals surface area contributed by atoms with E-state index in [0.29, 0.717) is 11.6 Å². The largest absolute Gasteiger partial charge is 0.313 e. The van der Waals surface area contributed by atoms with Crippen LogP contribution in [0, 0.1) is 0 Å². The van der Waals surface area contributed by atoms with E-state index in [4.69, 9.17) is 4.98 Å². The summed E-state index contributed by atoms with van der Waals surface area (Å²) in [7, 11) is -3.40. The molecule has 2 aromatic carbocycles. The number of para-hydroxylation sites is 1. The van der Waals surface area contributed by atoms with Gasteiger partial charge in [-0.25, -0.2) is 13.4 Å². The highest BCUT2D eigenvalue weighted by Gasteiger charge is 2.29. The molecule has 0 aliphatic carbocycles. The number of benzene rings is 2. The maximum Gasteiger partial charge on any atom is 0.256 e. The van der Waals surface area contributed by atoms with Crippen LogP contribution in [0.5, 0.6) is 0 Å². The molecule has 6 nitrogen and oxygen atoms in total. The number of nitrogens with one attached hydrogen (secondary N) is 1. The van der Waals surface area contributed by atoms with E-state index < -0.39 is 9.84 Å². The third kappa shape index (κ3) is 4.65. The number of aromatic nitrogens is 1. The molecule has 0 saturated heterocycles. The van der Waals surface area contributed by atoms with Crippen molar-refractivity contribution in [3.8, 4) is 10.6 Å². The minimum atomic E-state index is -3.40. The second kappa shape index (κ2) is 9.46. The van der Waals surface area contributed by atoms with E-state index in [1.165, 1.54) is 22.6 Å². The lowest BCUT2D eigenvalue weighted by Gasteiger charge is -2.30. The van der Waals surface area contributed by atoms with Crippen molar-refractivity contribution in [1.29, 1.82) is 0 Å². The van der Waals surface area contributed by atoms with Crippen LogP contribution >= 0.6 is 22.7 Å². The van der Waals surface area contributed by atoms with Gasteiger partial charge in [-0.1, -0.05) is 25.1 Å². The number of anilines is 1. The molecule has 0 unspecified atom stereocenters. The highest BCUT2D eigenvalue weighted by Crippen LogP contribution is 2.46. The number of rotatable bonds is 6. The van der Waals surface area contributed by atoms with Crippen molar-refractivity contribution >= 4 is 53.6 Å². The number of fused-ring (bicyclic) bond motifs is 2. The fourth-order valence-corrected chi connectivity index (χ4v) is 7.63. The summed E-state index contributed by atoms with van der Waals surface area (Å²) in [6, 6.07) is 14.8. The van der Waals surface area contributed by atoms with E-state index in [0.717, 1.165) is 45.3 Å². The molecule has 35 heavy (non-hydrogen) atoms. The molecular weight excluding hydrogens is 499 g/mol. The van der Waals surface area contributed by atoms with Crippen LogP contribution in [0.3, 0.4) is 0 Å². The first-order chi connectivity index (χ1) is 16.8. The molecule has 1 amide bonds. The van der Waals surface area contributed by atoms with Gasteiger partial charge in [0, 0.05) is 35.1 Å². The Morgan fingerprint density at radius 1 is 1.14 bits per heavy atom. The van der Waals surface area contributed by atoms with Crippen molar-refractivity contribution in [3.05, 3.63) is 64.5 Å². The van der Waals surface area contributed by atoms with Crippen LogP contribution in [0.2, 0.25) is 0 Å². The van der Waals surface area contributed by atoms with Crippen LogP contribution in [0.4, 0.5) is 5.00 Å². The zero-order chi connectivity index (χ0) is 24.7. The first-order valence-corrected chi connectivity index (χ1v) is 14.9. The third-order valence-corrected chi connectivity index (χ3v) is 10.3. The summed E-state index contributed by atoms with van der Waals surface area (Å²) in [6.07, 6.45) is 0.898. The number of sulfone groups is 1. The topological polar surface area (TPSA) is 79.4 Å². The Morgan fingerprint density at radius 2 is 1.94 bits per heavy atom. The molecule has 1 aliphatic heterocycles. The summed E-state index contributed by atoms with van der Waals surface area (Å²) in [5.41, 5.74) is 3.52. The second-order valence-corrected chi connectivity index (χ2v) is 13.3. The molecular formula is C26H27N3O3S3. The van der Waals surface area contributed by atoms with Gasteiger partial charge in [0.15, 0.2) is 9.84 Å². The smallest absolute Gasteiger partial charge is 0.256 e. The summed E-state index contributed by atoms with van der Waals surface area (Å²) < 4.78 is 25.8. The molecule has 5 rings (SSSR count). The summed E-state index contributed by atoms with van der Waals surface area (Å²) in [6.45, 7) is 7.81. The van der Waals surface area contributed by atoms with E-state index in [-0.39, 0.29) is 16.6 Å². The molecule has 0 radical (unpaired) electrons. The Hall–Kier alpha value is -2.59. The fraction of sp³-hybridized carbons (Fsp3) is 0.308. The molecule has 3 heterocycles. The Labute approximate surface area is 213 Å². The molecule has 1 N–H and O–H groups in total. The predicted molar refractivity (Wildman–Crippen MR) is 144 cm³/mol. The Kier molecular flexibility index (Phi) is 6.52. The average molecular weight is 526 g/mol. The number of nitrogens with zero attached hydrogens (tertiary/aromatic N) is 2. The van der Waals surface area contributed by atoms with Crippen molar-refractivity contribution < 1.29 is 13.2 Å². The van der Waals surface area contributed by atoms with E-state index in [1.807, 2.05) is 18.2 Å². The lowest BCUT2D eigenvalue weighted by molar-refractivity contribution is 0.102. The van der Waals surface area contributed by atoms with Crippen LogP contribution in [-0.2, 0) is 22.8 Å². The van der Waals surface area contributed by atoms with Crippen molar-refractivity contribution in [3.63, 3.8) is 0 Å². The molecule has 0 atom stereocenters. The van der Waals surface area contributed by atoms with E-state index in [2.05, 4.69) is 30.1 Å². The quantitative estimate of drug-likeness (QED) is 0.342. The number of carbonyl (C=O) groups is 1. The first-order valence-electron chi connectivity index (χ1n) is 11.7. The number of carbonyl (C=O) groups excluding carboxylic acids is 1. The van der Waals surface area contributed by atoms with E-state index >= 15 is 0 Å². The zero-order valence-electron chi connectivity index (χ0n) is 19.9. The lowest BCUT2D eigenvalue weighted by atomic mass is 10.0. The number of thiazole rings is 1. The summed E-state index contributed by atoms with van der Waals surface area (Å²) >= 11 is 3.23. The normalized spacial score (nSPS) is 14.4. The molecule has 0 spiro atoms. The highest BCUT2D eigenvalue weighted by molar-refractivity contribution is 7.91. The number of hydrogen-bond acceptors (Lipinski definition) is 7. The van der Waals surface area contributed by atoms with Gasteiger partial charge in [0.25, 0.3) is 5.91 Å². The van der Waals surface area contributed by atoms with Crippen LogP contribution in [0.25, 0.3) is 20.8 Å². The molecule has 0 bridgehead atoms. The van der Waals surface area contributed by atoms with Gasteiger partial charge in [0.1, 0.15) is 10.0 Å². The van der Waals surface area contributed by atoms with Gasteiger partial charge in [0.05, 0.1) is 20.9 Å². The Bertz CT molecular complexity index is 1490. The Balaban J connectivity index is 1.56. The van der Waals surface area contributed by atoms with E-state index in [9.17, 15) is 13.2 Å². The summed E-state index contributed by atoms with van der Waals surface area (Å²) in [4.78, 5) is 22.0.